The molecule has 0 aliphatic heterocycles. The number of nitrogens with zero attached hydrogens (tertiary/aromatic N) is 2. The van der Waals surface area contributed by atoms with Crippen LogP contribution in [0.2, 0.25) is 0 Å². The Labute approximate surface area is 197 Å². The van der Waals surface area contributed by atoms with Crippen molar-refractivity contribution < 1.29 is 4.79 Å². The first-order valence-corrected chi connectivity index (χ1v) is 11.6. The van der Waals surface area contributed by atoms with Crippen molar-refractivity contribution in [1.82, 2.24) is 9.97 Å². The number of aromatic nitrogens is 2. The highest BCUT2D eigenvalue weighted by Gasteiger charge is 2.17. The third-order valence-electron chi connectivity index (χ3n) is 5.83. The first-order valence-electron chi connectivity index (χ1n) is 10.8. The smallest absolute Gasteiger partial charge is 0.258 e. The number of thiazole rings is 1. The van der Waals surface area contributed by atoms with E-state index in [0.29, 0.717) is 10.7 Å². The Bertz CT molecular complexity index is 1490. The molecule has 4 nitrogen and oxygen atoms in total. The third-order valence-corrected chi connectivity index (χ3v) is 6.71. The molecule has 0 aliphatic carbocycles. The Hall–Kier alpha value is -3.83. The van der Waals surface area contributed by atoms with Gasteiger partial charge in [0.05, 0.1) is 22.5 Å². The number of nitrogens with one attached hydrogen (secondary N) is 1. The molecule has 3 aromatic carbocycles. The summed E-state index contributed by atoms with van der Waals surface area (Å²) in [7, 11) is 0. The quantitative estimate of drug-likeness (QED) is 0.315. The second kappa shape index (κ2) is 8.60. The summed E-state index contributed by atoms with van der Waals surface area (Å²) >= 11 is 1.48. The molecule has 5 aromatic rings. The van der Waals surface area contributed by atoms with E-state index in [0.717, 1.165) is 38.3 Å². The van der Waals surface area contributed by atoms with Gasteiger partial charge in [-0.1, -0.05) is 60.7 Å². The lowest BCUT2D eigenvalue weighted by molar-refractivity contribution is 0.102. The Morgan fingerprint density at radius 1 is 0.788 bits per heavy atom. The van der Waals surface area contributed by atoms with Gasteiger partial charge in [0.25, 0.3) is 5.91 Å². The molecule has 5 rings (SSSR count). The number of carbonyl (C=O) groups excluding carboxylic acids is 1. The van der Waals surface area contributed by atoms with Crippen LogP contribution in [0.1, 0.15) is 26.4 Å². The van der Waals surface area contributed by atoms with Crippen LogP contribution in [-0.4, -0.2) is 15.9 Å². The lowest BCUT2D eigenvalue weighted by Gasteiger charge is -2.11. The predicted octanol–water partition coefficient (Wildman–Crippen LogP) is 7.20. The number of pyridine rings is 1. The number of amides is 1. The molecular weight excluding hydrogens is 426 g/mol. The van der Waals surface area contributed by atoms with Crippen LogP contribution in [0, 0.1) is 20.8 Å². The highest BCUT2D eigenvalue weighted by Crippen LogP contribution is 2.31. The summed E-state index contributed by atoms with van der Waals surface area (Å²) in [5, 5.41) is 4.43. The van der Waals surface area contributed by atoms with Crippen molar-refractivity contribution in [3.05, 3.63) is 100 Å². The van der Waals surface area contributed by atoms with Crippen LogP contribution >= 0.6 is 11.3 Å². The molecular formula is C28H23N3OS. The molecule has 0 saturated heterocycles. The number of rotatable bonds is 4. The fraction of sp³-hybridized carbons (Fsp3) is 0.107. The molecule has 0 spiro atoms. The average Bonchev–Trinajstić information content (AvgIpc) is 3.20. The van der Waals surface area contributed by atoms with Crippen molar-refractivity contribution >= 4 is 33.3 Å². The van der Waals surface area contributed by atoms with Gasteiger partial charge in [-0.2, -0.15) is 0 Å². The van der Waals surface area contributed by atoms with Crippen LogP contribution in [0.3, 0.4) is 0 Å². The molecule has 0 atom stereocenters. The van der Waals surface area contributed by atoms with Crippen LogP contribution in [0.25, 0.3) is 33.4 Å². The van der Waals surface area contributed by atoms with Crippen molar-refractivity contribution in [2.45, 2.75) is 20.8 Å². The third kappa shape index (κ3) is 4.15. The molecule has 2 heterocycles. The van der Waals surface area contributed by atoms with Crippen molar-refractivity contribution in [1.29, 1.82) is 0 Å². The van der Waals surface area contributed by atoms with Gasteiger partial charge >= 0.3 is 0 Å². The van der Waals surface area contributed by atoms with Gasteiger partial charge in [-0.15, -0.1) is 11.3 Å². The summed E-state index contributed by atoms with van der Waals surface area (Å²) in [4.78, 5) is 24.0. The van der Waals surface area contributed by atoms with E-state index in [1.54, 1.807) is 0 Å². The minimum absolute atomic E-state index is 0.188. The number of hydrogen-bond donors (Lipinski definition) is 1. The molecule has 5 heteroatoms. The van der Waals surface area contributed by atoms with E-state index < -0.39 is 0 Å². The van der Waals surface area contributed by atoms with Gasteiger partial charge in [-0.25, -0.2) is 9.97 Å². The Morgan fingerprint density at radius 3 is 2.33 bits per heavy atom. The van der Waals surface area contributed by atoms with Gasteiger partial charge < -0.3 is 0 Å². The monoisotopic (exact) mass is 449 g/mol. The zero-order chi connectivity index (χ0) is 22.9. The number of anilines is 1. The normalized spacial score (nSPS) is 11.0. The molecule has 1 N–H and O–H groups in total. The first kappa shape index (κ1) is 21.0. The highest BCUT2D eigenvalue weighted by molar-refractivity contribution is 7.16. The maximum atomic E-state index is 13.4. The summed E-state index contributed by atoms with van der Waals surface area (Å²) < 4.78 is 0. The Balaban J connectivity index is 1.54. The van der Waals surface area contributed by atoms with Crippen molar-refractivity contribution in [3.63, 3.8) is 0 Å². The van der Waals surface area contributed by atoms with E-state index >= 15 is 0 Å². The van der Waals surface area contributed by atoms with E-state index in [1.807, 2.05) is 67.6 Å². The van der Waals surface area contributed by atoms with Crippen LogP contribution in [0.5, 0.6) is 0 Å². The fourth-order valence-electron chi connectivity index (χ4n) is 3.89. The van der Waals surface area contributed by atoms with Gasteiger partial charge in [0.2, 0.25) is 0 Å². The molecule has 0 bridgehead atoms. The number of carbonyl (C=O) groups is 1. The number of benzene rings is 3. The molecule has 33 heavy (non-hydrogen) atoms. The molecule has 1 amide bonds. The summed E-state index contributed by atoms with van der Waals surface area (Å²) in [5.74, 6) is -0.188. The lowest BCUT2D eigenvalue weighted by Crippen LogP contribution is -2.13. The molecule has 0 saturated carbocycles. The Kier molecular flexibility index (Phi) is 5.48. The van der Waals surface area contributed by atoms with Crippen LogP contribution < -0.4 is 5.32 Å². The highest BCUT2D eigenvalue weighted by atomic mass is 32.1. The average molecular weight is 450 g/mol. The fourth-order valence-corrected chi connectivity index (χ4v) is 4.72. The molecule has 2 aromatic heterocycles. The van der Waals surface area contributed by atoms with Crippen molar-refractivity contribution in [3.8, 4) is 22.5 Å². The van der Waals surface area contributed by atoms with Crippen LogP contribution in [0.4, 0.5) is 5.13 Å². The molecule has 0 aliphatic rings. The summed E-state index contributed by atoms with van der Waals surface area (Å²) in [6.07, 6.45) is 0. The lowest BCUT2D eigenvalue weighted by atomic mass is 10.0. The molecule has 0 unspecified atom stereocenters. The number of para-hydroxylation sites is 1. The van der Waals surface area contributed by atoms with E-state index in [2.05, 4.69) is 37.4 Å². The zero-order valence-corrected chi connectivity index (χ0v) is 19.5. The second-order valence-electron chi connectivity index (χ2n) is 8.12. The van der Waals surface area contributed by atoms with Gasteiger partial charge in [0, 0.05) is 21.4 Å². The van der Waals surface area contributed by atoms with Gasteiger partial charge in [-0.3, -0.25) is 10.1 Å². The van der Waals surface area contributed by atoms with Crippen molar-refractivity contribution in [2.24, 2.45) is 0 Å². The van der Waals surface area contributed by atoms with Gasteiger partial charge in [-0.05, 0) is 50.1 Å². The minimum atomic E-state index is -0.188. The van der Waals surface area contributed by atoms with Crippen LogP contribution in [0.15, 0.2) is 78.9 Å². The van der Waals surface area contributed by atoms with Crippen LogP contribution in [-0.2, 0) is 0 Å². The summed E-state index contributed by atoms with van der Waals surface area (Å²) in [6.45, 7) is 6.20. The van der Waals surface area contributed by atoms with E-state index in [-0.39, 0.29) is 5.91 Å². The molecule has 0 radical (unpaired) electrons. The number of fused-ring (bicyclic) bond motifs is 1. The van der Waals surface area contributed by atoms with Gasteiger partial charge in [0.1, 0.15) is 0 Å². The molecule has 0 fully saturated rings. The van der Waals surface area contributed by atoms with E-state index in [9.17, 15) is 4.79 Å². The topological polar surface area (TPSA) is 54.9 Å². The predicted molar refractivity (Wildman–Crippen MR) is 137 cm³/mol. The zero-order valence-electron chi connectivity index (χ0n) is 18.7. The van der Waals surface area contributed by atoms with Gasteiger partial charge in [0.15, 0.2) is 5.13 Å². The SMILES string of the molecule is Cc1ccc(-c2cc(C(=O)Nc3nc(-c4ccccc4)c(C)s3)c3ccccc3n2)cc1C. The Morgan fingerprint density at radius 2 is 1.55 bits per heavy atom. The van der Waals surface area contributed by atoms with E-state index in [4.69, 9.17) is 9.97 Å². The maximum absolute atomic E-state index is 13.4. The summed E-state index contributed by atoms with van der Waals surface area (Å²) in [5.41, 5.74) is 7.51. The second-order valence-corrected chi connectivity index (χ2v) is 9.32. The molecule has 162 valence electrons. The largest absolute Gasteiger partial charge is 0.298 e. The number of aryl methyl sites for hydroxylation is 3. The summed E-state index contributed by atoms with van der Waals surface area (Å²) in [6, 6.07) is 25.9. The van der Waals surface area contributed by atoms with Crippen molar-refractivity contribution in [2.75, 3.05) is 5.32 Å². The first-order chi connectivity index (χ1) is 16.0. The maximum Gasteiger partial charge on any atom is 0.258 e. The minimum Gasteiger partial charge on any atom is -0.298 e. The van der Waals surface area contributed by atoms with E-state index in [1.165, 1.54) is 22.5 Å². The standard InChI is InChI=1S/C28H23N3OS/c1-17-13-14-21(15-18(17)2)25-16-23(22-11-7-8-12-24(22)29-25)27(32)31-28-30-26(19(3)33-28)20-9-5-4-6-10-20/h4-16H,1-3H3,(H,30,31,32). The number of hydrogen-bond acceptors (Lipinski definition) is 4.